The van der Waals surface area contributed by atoms with E-state index < -0.39 is 12.7 Å². The number of aryl methyl sites for hydroxylation is 1. The number of benzene rings is 1. The molecule has 1 aromatic rings. The number of rotatable bonds is 5. The lowest BCUT2D eigenvalue weighted by atomic mass is 10.0. The Morgan fingerprint density at radius 2 is 1.80 bits per heavy atom. The molecule has 1 unspecified atom stereocenters. The Labute approximate surface area is 118 Å². The van der Waals surface area contributed by atoms with E-state index in [4.69, 9.17) is 5.73 Å². The summed E-state index contributed by atoms with van der Waals surface area (Å²) in [5.41, 5.74) is 8.43. The molecule has 5 heteroatoms. The smallest absolute Gasteiger partial charge is 0.360 e. The maximum absolute atomic E-state index is 12.6. The second-order valence-electron chi connectivity index (χ2n) is 5.63. The Morgan fingerprint density at radius 1 is 1.20 bits per heavy atom. The third-order valence-electron chi connectivity index (χ3n) is 3.17. The summed E-state index contributed by atoms with van der Waals surface area (Å²) >= 11 is 0. The van der Waals surface area contributed by atoms with Crippen LogP contribution >= 0.6 is 0 Å². The molecule has 0 bridgehead atoms. The fourth-order valence-electron chi connectivity index (χ4n) is 2.20. The topological polar surface area (TPSA) is 29.3 Å². The molecule has 1 aromatic carbocycles. The van der Waals surface area contributed by atoms with E-state index >= 15 is 0 Å². The second-order valence-corrected chi connectivity index (χ2v) is 5.63. The van der Waals surface area contributed by atoms with Crippen molar-refractivity contribution in [1.82, 2.24) is 0 Å². The molecular formula is C15H23F3N2. The average molecular weight is 288 g/mol. The number of alkyl halides is 3. The van der Waals surface area contributed by atoms with Crippen LogP contribution in [0.5, 0.6) is 0 Å². The summed E-state index contributed by atoms with van der Waals surface area (Å²) in [6, 6.07) is 5.26. The minimum absolute atomic E-state index is 0.0379. The molecule has 0 spiro atoms. The van der Waals surface area contributed by atoms with Gasteiger partial charge < -0.3 is 10.6 Å². The lowest BCUT2D eigenvalue weighted by molar-refractivity contribution is -0.120. The van der Waals surface area contributed by atoms with E-state index in [9.17, 15) is 13.2 Å². The van der Waals surface area contributed by atoms with Crippen LogP contribution < -0.4 is 10.6 Å². The van der Waals surface area contributed by atoms with E-state index in [-0.39, 0.29) is 12.1 Å². The Morgan fingerprint density at radius 3 is 2.20 bits per heavy atom. The van der Waals surface area contributed by atoms with Gasteiger partial charge in [-0.1, -0.05) is 6.07 Å². The largest absolute Gasteiger partial charge is 0.405 e. The number of nitrogens with zero attached hydrogens (tertiary/aromatic N) is 1. The third kappa shape index (κ3) is 5.04. The van der Waals surface area contributed by atoms with Crippen LogP contribution in [0.2, 0.25) is 0 Å². The molecule has 1 atom stereocenters. The lowest BCUT2D eigenvalue weighted by Crippen LogP contribution is -2.39. The van der Waals surface area contributed by atoms with Gasteiger partial charge in [0.1, 0.15) is 6.54 Å². The van der Waals surface area contributed by atoms with E-state index in [1.54, 1.807) is 19.9 Å². The zero-order chi connectivity index (χ0) is 15.5. The van der Waals surface area contributed by atoms with Gasteiger partial charge in [0.25, 0.3) is 0 Å². The van der Waals surface area contributed by atoms with E-state index in [0.29, 0.717) is 5.69 Å². The van der Waals surface area contributed by atoms with E-state index in [0.717, 1.165) is 17.5 Å². The SMILES string of the molecule is Cc1cc(N(CC(F)(F)F)C(C)C)ccc1CC(C)N. The molecule has 0 heterocycles. The molecule has 1 rings (SSSR count). The molecule has 0 radical (unpaired) electrons. The predicted octanol–water partition coefficient (Wildman–Crippen LogP) is 3.66. The van der Waals surface area contributed by atoms with Crippen LogP contribution in [0.15, 0.2) is 18.2 Å². The Hall–Kier alpha value is -1.23. The highest BCUT2D eigenvalue weighted by molar-refractivity contribution is 5.51. The number of halogens is 3. The van der Waals surface area contributed by atoms with Crippen LogP contribution in [0, 0.1) is 6.92 Å². The minimum Gasteiger partial charge on any atom is -0.360 e. The maximum atomic E-state index is 12.6. The molecule has 2 N–H and O–H groups in total. The molecule has 0 saturated carbocycles. The van der Waals surface area contributed by atoms with E-state index in [1.807, 2.05) is 26.0 Å². The van der Waals surface area contributed by atoms with Gasteiger partial charge in [-0.3, -0.25) is 0 Å². The molecule has 0 aliphatic rings. The molecule has 114 valence electrons. The summed E-state index contributed by atoms with van der Waals surface area (Å²) < 4.78 is 37.9. The molecule has 0 aliphatic heterocycles. The normalized spacial score (nSPS) is 13.7. The number of nitrogens with two attached hydrogens (primary N) is 1. The Balaban J connectivity index is 3.01. The van der Waals surface area contributed by atoms with Crippen LogP contribution in [0.4, 0.5) is 18.9 Å². The van der Waals surface area contributed by atoms with Crippen molar-refractivity contribution in [2.24, 2.45) is 5.73 Å². The van der Waals surface area contributed by atoms with Crippen molar-refractivity contribution in [2.45, 2.75) is 52.4 Å². The van der Waals surface area contributed by atoms with E-state index in [1.165, 1.54) is 4.90 Å². The van der Waals surface area contributed by atoms with Crippen molar-refractivity contribution in [3.8, 4) is 0 Å². The summed E-state index contributed by atoms with van der Waals surface area (Å²) in [6.45, 7) is 6.41. The molecule has 0 amide bonds. The summed E-state index contributed by atoms with van der Waals surface area (Å²) in [7, 11) is 0. The van der Waals surface area contributed by atoms with Gasteiger partial charge in [0.15, 0.2) is 0 Å². The maximum Gasteiger partial charge on any atom is 0.405 e. The first-order chi connectivity index (χ1) is 9.10. The van der Waals surface area contributed by atoms with Gasteiger partial charge in [0.2, 0.25) is 0 Å². The van der Waals surface area contributed by atoms with Crippen molar-refractivity contribution in [1.29, 1.82) is 0 Å². The zero-order valence-corrected chi connectivity index (χ0v) is 12.5. The molecule has 0 aliphatic carbocycles. The first-order valence-corrected chi connectivity index (χ1v) is 6.78. The first-order valence-electron chi connectivity index (χ1n) is 6.78. The molecule has 2 nitrogen and oxygen atoms in total. The standard InChI is InChI=1S/C15H23F3N2/c1-10(2)20(9-15(16,17)18)14-6-5-13(8-12(4)19)11(3)7-14/h5-7,10,12H,8-9,19H2,1-4H3. The Bertz CT molecular complexity index is 439. The summed E-state index contributed by atoms with van der Waals surface area (Å²) in [5.74, 6) is 0. The van der Waals surface area contributed by atoms with Crippen molar-refractivity contribution in [3.05, 3.63) is 29.3 Å². The van der Waals surface area contributed by atoms with E-state index in [2.05, 4.69) is 0 Å². The molecule has 0 fully saturated rings. The molecule has 0 aromatic heterocycles. The van der Waals surface area contributed by atoms with Gasteiger partial charge >= 0.3 is 6.18 Å². The van der Waals surface area contributed by atoms with Crippen LogP contribution in [-0.4, -0.2) is 24.8 Å². The fraction of sp³-hybridized carbons (Fsp3) is 0.600. The van der Waals surface area contributed by atoms with Gasteiger partial charge in [-0.2, -0.15) is 13.2 Å². The van der Waals surface area contributed by atoms with Crippen molar-refractivity contribution < 1.29 is 13.2 Å². The average Bonchev–Trinajstić information content (AvgIpc) is 2.27. The number of anilines is 1. The zero-order valence-electron chi connectivity index (χ0n) is 12.5. The monoisotopic (exact) mass is 288 g/mol. The quantitative estimate of drug-likeness (QED) is 0.896. The molecule has 20 heavy (non-hydrogen) atoms. The van der Waals surface area contributed by atoms with Crippen LogP contribution in [0.25, 0.3) is 0 Å². The van der Waals surface area contributed by atoms with Crippen LogP contribution in [0.1, 0.15) is 31.9 Å². The van der Waals surface area contributed by atoms with Gasteiger partial charge in [-0.05, 0) is 57.4 Å². The van der Waals surface area contributed by atoms with Gasteiger partial charge in [-0.25, -0.2) is 0 Å². The predicted molar refractivity (Wildman–Crippen MR) is 77.1 cm³/mol. The van der Waals surface area contributed by atoms with Crippen LogP contribution in [0.3, 0.4) is 0 Å². The van der Waals surface area contributed by atoms with Crippen molar-refractivity contribution in [2.75, 3.05) is 11.4 Å². The third-order valence-corrected chi connectivity index (χ3v) is 3.17. The Kier molecular flexibility index (Phi) is 5.45. The van der Waals surface area contributed by atoms with Gasteiger partial charge in [0.05, 0.1) is 0 Å². The van der Waals surface area contributed by atoms with Gasteiger partial charge in [0, 0.05) is 17.8 Å². The van der Waals surface area contributed by atoms with Crippen molar-refractivity contribution in [3.63, 3.8) is 0 Å². The number of hydrogen-bond acceptors (Lipinski definition) is 2. The molecular weight excluding hydrogens is 265 g/mol. The van der Waals surface area contributed by atoms with Crippen molar-refractivity contribution >= 4 is 5.69 Å². The highest BCUT2D eigenvalue weighted by Crippen LogP contribution is 2.26. The summed E-state index contributed by atoms with van der Waals surface area (Å²) in [5, 5.41) is 0. The lowest BCUT2D eigenvalue weighted by Gasteiger charge is -2.30. The summed E-state index contributed by atoms with van der Waals surface area (Å²) in [4.78, 5) is 1.36. The fourth-order valence-corrected chi connectivity index (χ4v) is 2.20. The second kappa shape index (κ2) is 6.48. The van der Waals surface area contributed by atoms with Crippen LogP contribution in [-0.2, 0) is 6.42 Å². The molecule has 0 saturated heterocycles. The summed E-state index contributed by atoms with van der Waals surface area (Å²) in [6.07, 6.45) is -3.48. The van der Waals surface area contributed by atoms with Gasteiger partial charge in [-0.15, -0.1) is 0 Å². The minimum atomic E-state index is -4.21. The number of hydrogen-bond donors (Lipinski definition) is 1. The highest BCUT2D eigenvalue weighted by atomic mass is 19.4. The first kappa shape index (κ1) is 16.8. The highest BCUT2D eigenvalue weighted by Gasteiger charge is 2.32.